The van der Waals surface area contributed by atoms with Crippen molar-refractivity contribution < 1.29 is 0 Å². The zero-order valence-electron chi connectivity index (χ0n) is 26.5. The average Bonchev–Trinajstić information content (AvgIpc) is 2.88. The second-order valence-electron chi connectivity index (χ2n) is 12.2. The Morgan fingerprint density at radius 3 is 0.622 bits per heavy atom. The molecule has 0 aliphatic carbocycles. The van der Waals surface area contributed by atoms with Crippen molar-refractivity contribution in [3.63, 3.8) is 0 Å². The molecule has 37 heavy (non-hydrogen) atoms. The number of hydrogen-bond acceptors (Lipinski definition) is 1. The van der Waals surface area contributed by atoms with Crippen LogP contribution in [0, 0.1) is 0 Å². The van der Waals surface area contributed by atoms with Crippen LogP contribution in [0.25, 0.3) is 0 Å². The Hall–Kier alpha value is 0.250. The summed E-state index contributed by atoms with van der Waals surface area (Å²) in [6, 6.07) is 0. The van der Waals surface area contributed by atoms with E-state index in [1.165, 1.54) is 206 Å². The van der Waals surface area contributed by atoms with Crippen molar-refractivity contribution in [1.29, 1.82) is 0 Å². The minimum atomic E-state index is 0. The van der Waals surface area contributed by atoms with Crippen LogP contribution in [0.5, 0.6) is 0 Å². The van der Waals surface area contributed by atoms with Gasteiger partial charge in [-0.1, -0.05) is 194 Å². The molecule has 226 valence electrons. The van der Waals surface area contributed by atoms with Crippen LogP contribution in [0.15, 0.2) is 0 Å². The predicted octanol–water partition coefficient (Wildman–Crippen LogP) is 13.1. The Morgan fingerprint density at radius 2 is 0.432 bits per heavy atom. The van der Waals surface area contributed by atoms with E-state index in [1.807, 2.05) is 0 Å². The van der Waals surface area contributed by atoms with Gasteiger partial charge in [0.2, 0.25) is 0 Å². The molecule has 0 aliphatic heterocycles. The molecule has 0 aromatic heterocycles. The van der Waals surface area contributed by atoms with Crippen molar-refractivity contribution in [3.8, 4) is 0 Å². The maximum absolute atomic E-state index is 2.58. The third kappa shape index (κ3) is 36.2. The molecule has 1 nitrogen and oxygen atoms in total. The van der Waals surface area contributed by atoms with Crippen molar-refractivity contribution in [2.75, 3.05) is 20.1 Å². The van der Waals surface area contributed by atoms with Crippen LogP contribution in [0.4, 0.5) is 0 Å². The third-order valence-electron chi connectivity index (χ3n) is 8.29. The van der Waals surface area contributed by atoms with Gasteiger partial charge in [-0.3, -0.25) is 0 Å². The average molecular weight is 544 g/mol. The molecule has 0 aromatic rings. The normalized spacial score (nSPS) is 11.4. The Morgan fingerprint density at radius 1 is 0.270 bits per heavy atom. The van der Waals surface area contributed by atoms with Gasteiger partial charge in [0.15, 0.2) is 0 Å². The lowest BCUT2D eigenvalue weighted by Crippen LogP contribution is -2.20. The molecule has 0 heterocycles. The topological polar surface area (TPSA) is 3.24 Å². The molecule has 0 saturated carbocycles. The van der Waals surface area contributed by atoms with E-state index < -0.39 is 0 Å². The highest BCUT2D eigenvalue weighted by Gasteiger charge is 2.00. The highest BCUT2D eigenvalue weighted by molar-refractivity contribution is 5.85. The molecule has 0 aliphatic rings. The first-order chi connectivity index (χ1) is 17.8. The molecule has 0 saturated heterocycles. The van der Waals surface area contributed by atoms with E-state index in [4.69, 9.17) is 0 Å². The summed E-state index contributed by atoms with van der Waals surface area (Å²) in [4.78, 5) is 2.58. The van der Waals surface area contributed by atoms with E-state index in [0.717, 1.165) is 0 Å². The second-order valence-corrected chi connectivity index (χ2v) is 12.2. The molecule has 0 bridgehead atoms. The molecular formula is C35H74ClN. The van der Waals surface area contributed by atoms with Gasteiger partial charge in [-0.25, -0.2) is 0 Å². The fourth-order valence-corrected chi connectivity index (χ4v) is 5.62. The summed E-state index contributed by atoms with van der Waals surface area (Å²) in [6.07, 6.45) is 43.8. The van der Waals surface area contributed by atoms with Crippen LogP contribution in [-0.2, 0) is 0 Å². The quantitative estimate of drug-likeness (QED) is 0.0762. The third-order valence-corrected chi connectivity index (χ3v) is 8.29. The van der Waals surface area contributed by atoms with Crippen molar-refractivity contribution >= 4 is 12.4 Å². The highest BCUT2D eigenvalue weighted by atomic mass is 35.5. The maximum Gasteiger partial charge on any atom is -0.00218 e. The van der Waals surface area contributed by atoms with E-state index in [-0.39, 0.29) is 12.4 Å². The molecule has 0 atom stereocenters. The summed E-state index contributed by atoms with van der Waals surface area (Å²) in [6.45, 7) is 7.24. The molecule has 0 rings (SSSR count). The van der Waals surface area contributed by atoms with Gasteiger partial charge in [-0.15, -0.1) is 12.4 Å². The van der Waals surface area contributed by atoms with Crippen LogP contribution in [0.1, 0.15) is 206 Å². The van der Waals surface area contributed by atoms with E-state index >= 15 is 0 Å². The largest absolute Gasteiger partial charge is 0.306 e. The molecule has 0 aromatic carbocycles. The Bertz CT molecular complexity index is 372. The lowest BCUT2D eigenvalue weighted by atomic mass is 10.0. The Kier molecular flexibility index (Phi) is 38.6. The van der Waals surface area contributed by atoms with Crippen LogP contribution in [0.3, 0.4) is 0 Å². The van der Waals surface area contributed by atoms with Crippen LogP contribution >= 0.6 is 12.4 Å². The monoisotopic (exact) mass is 544 g/mol. The fraction of sp³-hybridized carbons (Fsp3) is 1.00. The lowest BCUT2D eigenvalue weighted by molar-refractivity contribution is 0.314. The minimum Gasteiger partial charge on any atom is -0.306 e. The van der Waals surface area contributed by atoms with E-state index in [0.29, 0.717) is 0 Å². The van der Waals surface area contributed by atoms with Crippen molar-refractivity contribution in [1.82, 2.24) is 4.90 Å². The van der Waals surface area contributed by atoms with E-state index in [2.05, 4.69) is 25.8 Å². The second kappa shape index (κ2) is 36.2. The van der Waals surface area contributed by atoms with Gasteiger partial charge in [0.05, 0.1) is 0 Å². The molecule has 0 amide bonds. The summed E-state index contributed by atoms with van der Waals surface area (Å²) in [5.74, 6) is 0. The number of rotatable bonds is 32. The first-order valence-corrected chi connectivity index (χ1v) is 17.5. The van der Waals surface area contributed by atoms with Crippen molar-refractivity contribution in [3.05, 3.63) is 0 Å². The number of nitrogens with zero attached hydrogens (tertiary/aromatic N) is 1. The first-order valence-electron chi connectivity index (χ1n) is 17.5. The predicted molar refractivity (Wildman–Crippen MR) is 175 cm³/mol. The minimum absolute atomic E-state index is 0. The van der Waals surface area contributed by atoms with Crippen LogP contribution in [-0.4, -0.2) is 25.0 Å². The summed E-state index contributed by atoms with van der Waals surface area (Å²) >= 11 is 0. The summed E-state index contributed by atoms with van der Waals surface area (Å²) in [5, 5.41) is 0. The standard InChI is InChI=1S/C35H73N.ClH/c1-4-6-8-10-12-14-16-17-18-19-20-21-22-23-24-25-27-29-31-33-35-36(3)34-32-30-28-26-15-13-11-9-7-5-2;/h4-35H2,1-3H3;1H. The summed E-state index contributed by atoms with van der Waals surface area (Å²) < 4.78 is 0. The van der Waals surface area contributed by atoms with Gasteiger partial charge in [0.25, 0.3) is 0 Å². The summed E-state index contributed by atoms with van der Waals surface area (Å²) in [7, 11) is 2.34. The highest BCUT2D eigenvalue weighted by Crippen LogP contribution is 2.15. The van der Waals surface area contributed by atoms with Gasteiger partial charge < -0.3 is 4.90 Å². The molecule has 0 unspecified atom stereocenters. The van der Waals surface area contributed by atoms with Crippen LogP contribution < -0.4 is 0 Å². The number of unbranched alkanes of at least 4 members (excludes halogenated alkanes) is 28. The van der Waals surface area contributed by atoms with Gasteiger partial charge >= 0.3 is 0 Å². The van der Waals surface area contributed by atoms with Crippen molar-refractivity contribution in [2.24, 2.45) is 0 Å². The molecule has 0 fully saturated rings. The van der Waals surface area contributed by atoms with Crippen molar-refractivity contribution in [2.45, 2.75) is 206 Å². The Balaban J connectivity index is 0. The zero-order chi connectivity index (χ0) is 26.2. The lowest BCUT2D eigenvalue weighted by Gasteiger charge is -2.16. The first kappa shape index (κ1) is 39.4. The number of hydrogen-bond donors (Lipinski definition) is 0. The van der Waals surface area contributed by atoms with Gasteiger partial charge in [-0.05, 0) is 33.0 Å². The SMILES string of the molecule is CCCCCCCCCCCCCCCCCCCCCCN(C)CCCCCCCCCCCC.Cl. The molecular weight excluding hydrogens is 470 g/mol. The van der Waals surface area contributed by atoms with E-state index in [1.54, 1.807) is 0 Å². The molecule has 0 spiro atoms. The zero-order valence-corrected chi connectivity index (χ0v) is 27.3. The van der Waals surface area contributed by atoms with Gasteiger partial charge in [0.1, 0.15) is 0 Å². The molecule has 2 heteroatoms. The number of halogens is 1. The molecule has 0 N–H and O–H groups in total. The van der Waals surface area contributed by atoms with Gasteiger partial charge in [0, 0.05) is 0 Å². The smallest absolute Gasteiger partial charge is 0.00218 e. The summed E-state index contributed by atoms with van der Waals surface area (Å²) in [5.41, 5.74) is 0. The molecule has 0 radical (unpaired) electrons. The fourth-order valence-electron chi connectivity index (χ4n) is 5.62. The van der Waals surface area contributed by atoms with Crippen LogP contribution in [0.2, 0.25) is 0 Å². The van der Waals surface area contributed by atoms with E-state index in [9.17, 15) is 0 Å². The van der Waals surface area contributed by atoms with Gasteiger partial charge in [-0.2, -0.15) is 0 Å². The maximum atomic E-state index is 2.58. The Labute approximate surface area is 243 Å².